The number of hydrogen-bond acceptors (Lipinski definition) is 6. The van der Waals surface area contributed by atoms with Gasteiger partial charge in [0.2, 0.25) is 5.82 Å². The van der Waals surface area contributed by atoms with Crippen LogP contribution >= 0.6 is 0 Å². The molecule has 1 N–H and O–H groups in total. The molecule has 12 heteroatoms. The number of amides is 1. The highest BCUT2D eigenvalue weighted by atomic mass is 19.4. The number of halogens is 5. The third kappa shape index (κ3) is 4.85. The number of anilines is 1. The summed E-state index contributed by atoms with van der Waals surface area (Å²) < 4.78 is 92.6. The van der Waals surface area contributed by atoms with E-state index in [4.69, 9.17) is 18.9 Å². The number of carbonyl (C=O) groups excluding carboxylic acids is 1. The molecule has 0 radical (unpaired) electrons. The van der Waals surface area contributed by atoms with E-state index >= 15 is 0 Å². The van der Waals surface area contributed by atoms with Gasteiger partial charge in [-0.3, -0.25) is 9.78 Å². The smallest absolute Gasteiger partial charge is 0.417 e. The number of carbonyl (C=O) groups is 1. The molecule has 2 aliphatic rings. The molecule has 3 heterocycles. The molecule has 2 fully saturated rings. The normalized spacial score (nSPS) is 30.9. The minimum Gasteiger partial charge on any atom is -0.493 e. The van der Waals surface area contributed by atoms with E-state index in [1.54, 1.807) is 19.9 Å². The Bertz CT molecular complexity index is 1210. The molecule has 0 saturated carbocycles. The predicted octanol–water partition coefficient (Wildman–Crippen LogP) is 5.66. The van der Waals surface area contributed by atoms with Crippen molar-refractivity contribution in [2.24, 2.45) is 5.92 Å². The maximum Gasteiger partial charge on any atom is 0.417 e. The van der Waals surface area contributed by atoms with Gasteiger partial charge in [-0.25, -0.2) is 4.39 Å². The summed E-state index contributed by atoms with van der Waals surface area (Å²) in [6, 6.07) is 5.01. The van der Waals surface area contributed by atoms with Gasteiger partial charge in [-0.1, -0.05) is 13.0 Å². The average Bonchev–Trinajstić information content (AvgIpc) is 3.27. The number of nitrogens with zero attached hydrogens (tertiary/aromatic N) is 1. The summed E-state index contributed by atoms with van der Waals surface area (Å²) in [6.07, 6.45) is -5.96. The van der Waals surface area contributed by atoms with Gasteiger partial charge in [-0.2, -0.15) is 17.6 Å². The van der Waals surface area contributed by atoms with Gasteiger partial charge < -0.3 is 24.3 Å². The molecule has 0 bridgehead atoms. The molecule has 7 nitrogen and oxygen atoms in total. The molecule has 208 valence electrons. The van der Waals surface area contributed by atoms with Crippen molar-refractivity contribution in [3.63, 3.8) is 0 Å². The van der Waals surface area contributed by atoms with E-state index in [1.807, 2.05) is 6.92 Å². The number of hydrogen-bond donors (Lipinski definition) is 1. The van der Waals surface area contributed by atoms with Crippen LogP contribution in [0.15, 0.2) is 30.5 Å². The lowest BCUT2D eigenvalue weighted by atomic mass is 9.77. The SMILES string of the molecule is COc1c(C2C(C(=O)Nc3ccc([C@H]4OC(C)(C)O[C@@H]4C)nc3)OC(C)(C(F)(F)F)C2C)ccc(F)c1F. The molecule has 4 unspecified atom stereocenters. The van der Waals surface area contributed by atoms with Gasteiger partial charge in [0.1, 0.15) is 12.2 Å². The van der Waals surface area contributed by atoms with Crippen LogP contribution in [0.1, 0.15) is 57.9 Å². The molecular weight excluding hydrogens is 515 g/mol. The van der Waals surface area contributed by atoms with Gasteiger partial charge in [0.25, 0.3) is 5.91 Å². The summed E-state index contributed by atoms with van der Waals surface area (Å²) in [5.41, 5.74) is -2.13. The fraction of sp³-hybridized carbons (Fsp3) is 0.538. The van der Waals surface area contributed by atoms with Gasteiger partial charge in [-0.05, 0) is 45.9 Å². The highest BCUT2D eigenvalue weighted by Crippen LogP contribution is 2.55. The first-order chi connectivity index (χ1) is 17.6. The molecule has 0 spiro atoms. The van der Waals surface area contributed by atoms with E-state index in [0.29, 0.717) is 5.69 Å². The zero-order valence-corrected chi connectivity index (χ0v) is 21.7. The first kappa shape index (κ1) is 28.2. The second-order valence-corrected chi connectivity index (χ2v) is 10.2. The Morgan fingerprint density at radius 3 is 2.26 bits per heavy atom. The lowest BCUT2D eigenvalue weighted by molar-refractivity contribution is -0.272. The van der Waals surface area contributed by atoms with Crippen molar-refractivity contribution >= 4 is 11.6 Å². The first-order valence-corrected chi connectivity index (χ1v) is 12.0. The molecule has 4 rings (SSSR count). The van der Waals surface area contributed by atoms with E-state index in [-0.39, 0.29) is 17.4 Å². The lowest BCUT2D eigenvalue weighted by Gasteiger charge is -2.32. The van der Waals surface area contributed by atoms with Crippen LogP contribution in [0.25, 0.3) is 0 Å². The quantitative estimate of drug-likeness (QED) is 0.490. The van der Waals surface area contributed by atoms with Gasteiger partial charge in [0.15, 0.2) is 23.0 Å². The Labute approximate surface area is 216 Å². The summed E-state index contributed by atoms with van der Waals surface area (Å²) in [5.74, 6) is -7.57. The van der Waals surface area contributed by atoms with Crippen LogP contribution < -0.4 is 10.1 Å². The molecule has 1 aromatic carbocycles. The Balaban J connectivity index is 1.64. The maximum atomic E-state index is 14.5. The zero-order chi connectivity index (χ0) is 28.2. The average molecular weight is 545 g/mol. The molecule has 6 atom stereocenters. The number of benzene rings is 1. The van der Waals surface area contributed by atoms with Gasteiger partial charge in [0.05, 0.1) is 30.8 Å². The van der Waals surface area contributed by atoms with E-state index in [2.05, 4.69) is 10.3 Å². The first-order valence-electron chi connectivity index (χ1n) is 12.0. The van der Waals surface area contributed by atoms with Crippen LogP contribution in [-0.2, 0) is 19.0 Å². The summed E-state index contributed by atoms with van der Waals surface area (Å²) in [4.78, 5) is 17.6. The molecule has 2 aromatic rings. The number of methoxy groups -OCH3 is 1. The second kappa shape index (κ2) is 9.73. The number of nitrogens with one attached hydrogen (secondary N) is 1. The van der Waals surface area contributed by atoms with Crippen molar-refractivity contribution < 1.29 is 45.7 Å². The highest BCUT2D eigenvalue weighted by Gasteiger charge is 2.66. The molecule has 0 aliphatic carbocycles. The number of ether oxygens (including phenoxy) is 4. The number of alkyl halides is 3. The van der Waals surface area contributed by atoms with Crippen LogP contribution in [0.3, 0.4) is 0 Å². The Kier molecular flexibility index (Phi) is 7.21. The Hall–Kier alpha value is -2.83. The van der Waals surface area contributed by atoms with Crippen LogP contribution in [0.2, 0.25) is 0 Å². The van der Waals surface area contributed by atoms with Crippen molar-refractivity contribution in [1.82, 2.24) is 4.98 Å². The number of pyridine rings is 1. The minimum absolute atomic E-state index is 0.115. The Morgan fingerprint density at radius 2 is 1.74 bits per heavy atom. The predicted molar refractivity (Wildman–Crippen MR) is 125 cm³/mol. The highest BCUT2D eigenvalue weighted by molar-refractivity contribution is 5.95. The summed E-state index contributed by atoms with van der Waals surface area (Å²) in [5, 5.41) is 2.53. The van der Waals surface area contributed by atoms with Gasteiger partial charge >= 0.3 is 6.18 Å². The molecule has 38 heavy (non-hydrogen) atoms. The monoisotopic (exact) mass is 544 g/mol. The summed E-state index contributed by atoms with van der Waals surface area (Å²) >= 11 is 0. The third-order valence-corrected chi connectivity index (χ3v) is 7.22. The van der Waals surface area contributed by atoms with Crippen molar-refractivity contribution in [2.75, 3.05) is 12.4 Å². The van der Waals surface area contributed by atoms with Crippen molar-refractivity contribution in [3.05, 3.63) is 53.4 Å². The summed E-state index contributed by atoms with van der Waals surface area (Å²) in [6.45, 7) is 7.45. The van der Waals surface area contributed by atoms with E-state index in [1.165, 1.54) is 19.2 Å². The lowest BCUT2D eigenvalue weighted by Crippen LogP contribution is -2.47. The second-order valence-electron chi connectivity index (χ2n) is 10.2. The summed E-state index contributed by atoms with van der Waals surface area (Å²) in [7, 11) is 1.06. The zero-order valence-electron chi connectivity index (χ0n) is 21.7. The van der Waals surface area contributed by atoms with Crippen molar-refractivity contribution in [2.45, 2.75) is 76.4 Å². The largest absolute Gasteiger partial charge is 0.493 e. The van der Waals surface area contributed by atoms with E-state index < -0.39 is 64.9 Å². The maximum absolute atomic E-state index is 14.5. The molecule has 2 aliphatic heterocycles. The van der Waals surface area contributed by atoms with Gasteiger partial charge in [-0.15, -0.1) is 0 Å². The third-order valence-electron chi connectivity index (χ3n) is 7.22. The number of aromatic nitrogens is 1. The Morgan fingerprint density at radius 1 is 1.05 bits per heavy atom. The topological polar surface area (TPSA) is 78.9 Å². The van der Waals surface area contributed by atoms with Crippen LogP contribution in [0, 0.1) is 17.6 Å². The fourth-order valence-corrected chi connectivity index (χ4v) is 5.14. The van der Waals surface area contributed by atoms with Gasteiger partial charge in [0, 0.05) is 17.4 Å². The van der Waals surface area contributed by atoms with Crippen molar-refractivity contribution in [1.29, 1.82) is 0 Å². The van der Waals surface area contributed by atoms with E-state index in [0.717, 1.165) is 26.2 Å². The standard InChI is InChI=1S/C26H29F5N2O5/c1-12-18(15-8-9-16(27)19(28)21(15)35-6)22(38-25(12,5)26(29,30)31)23(34)33-14-7-10-17(32-11-14)20-13(2)36-24(3,4)37-20/h7-13,18,20,22H,1-6H3,(H,33,34)/t12?,13-,18?,20+,22?,25?/m1/s1. The minimum atomic E-state index is -4.86. The van der Waals surface area contributed by atoms with Crippen LogP contribution in [0.5, 0.6) is 5.75 Å². The van der Waals surface area contributed by atoms with Crippen molar-refractivity contribution in [3.8, 4) is 5.75 Å². The van der Waals surface area contributed by atoms with Crippen LogP contribution in [0.4, 0.5) is 27.6 Å². The molecular formula is C26H29F5N2O5. The number of rotatable bonds is 5. The molecule has 1 amide bonds. The molecule has 1 aromatic heterocycles. The molecule has 2 saturated heterocycles. The van der Waals surface area contributed by atoms with E-state index in [9.17, 15) is 26.7 Å². The van der Waals surface area contributed by atoms with Crippen LogP contribution in [-0.4, -0.2) is 47.8 Å². The fourth-order valence-electron chi connectivity index (χ4n) is 5.14.